The van der Waals surface area contributed by atoms with E-state index in [1.165, 1.54) is 11.6 Å². The molecule has 3 aliphatic rings. The van der Waals surface area contributed by atoms with E-state index in [2.05, 4.69) is 34.5 Å². The molecule has 0 radical (unpaired) electrons. The molecule has 2 saturated heterocycles. The van der Waals surface area contributed by atoms with Crippen LogP contribution in [-0.4, -0.2) is 59.1 Å². The van der Waals surface area contributed by atoms with Gasteiger partial charge in [-0.05, 0) is 61.3 Å². The molecule has 5 rings (SSSR count). The number of hydrogen-bond donors (Lipinski definition) is 2. The fourth-order valence-corrected chi connectivity index (χ4v) is 5.90. The molecular weight excluding hydrogens is 482 g/mol. The second kappa shape index (κ2) is 10.5. The highest BCUT2D eigenvalue weighted by atomic mass is 19.2. The number of nitrogens with zero attached hydrogens (tertiary/aromatic N) is 2. The number of amides is 4. The average Bonchev–Trinajstić information content (AvgIpc) is 3.50. The summed E-state index contributed by atoms with van der Waals surface area (Å²) in [7, 11) is 0. The fraction of sp³-hybridized carbons (Fsp3) is 0.444. The van der Waals surface area contributed by atoms with E-state index in [-0.39, 0.29) is 11.6 Å². The Hall–Kier alpha value is -3.53. The third kappa shape index (κ3) is 5.16. The van der Waals surface area contributed by atoms with E-state index in [9.17, 15) is 23.2 Å². The second-order valence-corrected chi connectivity index (χ2v) is 10.0. The maximum atomic E-state index is 13.9. The molecule has 8 nitrogen and oxygen atoms in total. The normalized spacial score (nSPS) is 28.2. The number of cyclic esters (lactones) is 1. The molecule has 4 amide bonds. The molecule has 3 fully saturated rings. The molecule has 2 aliphatic heterocycles. The monoisotopic (exact) mass is 512 g/mol. The van der Waals surface area contributed by atoms with Crippen molar-refractivity contribution in [2.24, 2.45) is 5.73 Å². The van der Waals surface area contributed by atoms with Crippen molar-refractivity contribution in [1.29, 1.82) is 0 Å². The van der Waals surface area contributed by atoms with Crippen molar-refractivity contribution in [1.82, 2.24) is 15.1 Å². The van der Waals surface area contributed by atoms with Crippen LogP contribution >= 0.6 is 0 Å². The molecular formula is C27H30F2N4O4. The Morgan fingerprint density at radius 1 is 0.946 bits per heavy atom. The van der Waals surface area contributed by atoms with E-state index in [1.54, 1.807) is 0 Å². The Bertz CT molecular complexity index is 1170. The van der Waals surface area contributed by atoms with Crippen LogP contribution in [0.25, 0.3) is 0 Å². The van der Waals surface area contributed by atoms with Crippen LogP contribution in [0.5, 0.6) is 0 Å². The number of imide groups is 1. The van der Waals surface area contributed by atoms with Gasteiger partial charge in [0.15, 0.2) is 11.6 Å². The van der Waals surface area contributed by atoms with Gasteiger partial charge in [-0.3, -0.25) is 9.69 Å². The lowest BCUT2D eigenvalue weighted by Crippen LogP contribution is -2.48. The lowest BCUT2D eigenvalue weighted by Gasteiger charge is -2.35. The van der Waals surface area contributed by atoms with Crippen LogP contribution in [0.4, 0.5) is 18.4 Å². The van der Waals surface area contributed by atoms with Crippen molar-refractivity contribution in [3.05, 3.63) is 71.3 Å². The quantitative estimate of drug-likeness (QED) is 0.634. The number of carbonyl (C=O) groups is 3. The van der Waals surface area contributed by atoms with Crippen LogP contribution in [-0.2, 0) is 9.53 Å². The van der Waals surface area contributed by atoms with Crippen LogP contribution in [0.3, 0.4) is 0 Å². The van der Waals surface area contributed by atoms with Gasteiger partial charge in [0, 0.05) is 25.2 Å². The van der Waals surface area contributed by atoms with Crippen LogP contribution in [0.2, 0.25) is 0 Å². The Kier molecular flexibility index (Phi) is 7.10. The molecule has 0 spiro atoms. The minimum absolute atomic E-state index is 0.0342. The molecule has 37 heavy (non-hydrogen) atoms. The Morgan fingerprint density at radius 2 is 1.68 bits per heavy atom. The van der Waals surface area contributed by atoms with Crippen LogP contribution < -0.4 is 11.1 Å². The summed E-state index contributed by atoms with van der Waals surface area (Å²) in [5, 5.41) is 2.86. The number of benzene rings is 2. The van der Waals surface area contributed by atoms with Crippen molar-refractivity contribution < 1.29 is 27.9 Å². The molecule has 3 N–H and O–H groups in total. The number of likely N-dealkylation sites (tertiary alicyclic amines) is 1. The lowest BCUT2D eigenvalue weighted by atomic mass is 9.81. The smallest absolute Gasteiger partial charge is 0.419 e. The predicted molar refractivity (Wildman–Crippen MR) is 130 cm³/mol. The standard InChI is InChI=1S/C27H30F2N4O4/c28-21-11-8-18(14-22(21)29)23-24(25(30)34)37-27(36)33(23)26(35)31-19-12-13-32(15-19)20-9-6-17(7-10-20)16-4-2-1-3-5-16/h1-5,8,11,14,17,19-20,23-24H,6-7,9-10,12-13,15H2,(H2,30,34)(H,31,35). The maximum absolute atomic E-state index is 13.9. The summed E-state index contributed by atoms with van der Waals surface area (Å²) in [4.78, 5) is 40.8. The van der Waals surface area contributed by atoms with E-state index >= 15 is 0 Å². The number of nitrogens with two attached hydrogens (primary N) is 1. The first-order chi connectivity index (χ1) is 17.8. The number of halogens is 2. The van der Waals surface area contributed by atoms with Crippen LogP contribution in [0.15, 0.2) is 48.5 Å². The summed E-state index contributed by atoms with van der Waals surface area (Å²) in [6.45, 7) is 1.47. The molecule has 1 saturated carbocycles. The van der Waals surface area contributed by atoms with Gasteiger partial charge >= 0.3 is 12.1 Å². The first-order valence-corrected chi connectivity index (χ1v) is 12.7. The van der Waals surface area contributed by atoms with Gasteiger partial charge in [-0.15, -0.1) is 0 Å². The first-order valence-electron chi connectivity index (χ1n) is 12.7. The molecule has 3 atom stereocenters. The fourth-order valence-electron chi connectivity index (χ4n) is 5.90. The van der Waals surface area contributed by atoms with Crippen molar-refractivity contribution in [2.45, 2.75) is 62.3 Å². The van der Waals surface area contributed by atoms with E-state index in [0.717, 1.165) is 49.3 Å². The zero-order valence-corrected chi connectivity index (χ0v) is 20.3. The van der Waals surface area contributed by atoms with Crippen molar-refractivity contribution >= 4 is 18.0 Å². The molecule has 2 heterocycles. The Morgan fingerprint density at radius 3 is 2.35 bits per heavy atom. The second-order valence-electron chi connectivity index (χ2n) is 10.0. The number of ether oxygens (including phenoxy) is 1. The van der Waals surface area contributed by atoms with Crippen molar-refractivity contribution in [2.75, 3.05) is 13.1 Å². The molecule has 1 aliphatic carbocycles. The number of carbonyl (C=O) groups excluding carboxylic acids is 3. The highest BCUT2D eigenvalue weighted by molar-refractivity contribution is 5.97. The highest BCUT2D eigenvalue weighted by Gasteiger charge is 2.50. The number of urea groups is 1. The molecule has 0 bridgehead atoms. The summed E-state index contributed by atoms with van der Waals surface area (Å²) < 4.78 is 32.4. The van der Waals surface area contributed by atoms with Gasteiger partial charge in [0.1, 0.15) is 6.04 Å². The minimum atomic E-state index is -1.51. The minimum Gasteiger partial charge on any atom is -0.433 e. The number of primary amides is 1. The van der Waals surface area contributed by atoms with Crippen molar-refractivity contribution in [3.8, 4) is 0 Å². The first kappa shape index (κ1) is 25.1. The molecule has 196 valence electrons. The summed E-state index contributed by atoms with van der Waals surface area (Å²) in [5.41, 5.74) is 6.80. The Labute approximate surface area is 213 Å². The Balaban J connectivity index is 1.21. The van der Waals surface area contributed by atoms with E-state index in [4.69, 9.17) is 10.5 Å². The van der Waals surface area contributed by atoms with Crippen LogP contribution in [0.1, 0.15) is 55.2 Å². The zero-order valence-electron chi connectivity index (χ0n) is 20.3. The third-order valence-corrected chi connectivity index (χ3v) is 7.81. The van der Waals surface area contributed by atoms with Gasteiger partial charge in [0.2, 0.25) is 6.10 Å². The van der Waals surface area contributed by atoms with Gasteiger partial charge in [-0.1, -0.05) is 36.4 Å². The topological polar surface area (TPSA) is 105 Å². The van der Waals surface area contributed by atoms with Crippen LogP contribution in [0, 0.1) is 11.6 Å². The van der Waals surface area contributed by atoms with Gasteiger partial charge < -0.3 is 15.8 Å². The summed E-state index contributed by atoms with van der Waals surface area (Å²) in [6, 6.07) is 11.6. The van der Waals surface area contributed by atoms with Crippen molar-refractivity contribution in [3.63, 3.8) is 0 Å². The lowest BCUT2D eigenvalue weighted by molar-refractivity contribution is -0.125. The van der Waals surface area contributed by atoms with E-state index in [0.29, 0.717) is 24.9 Å². The van der Waals surface area contributed by atoms with Gasteiger partial charge in [-0.25, -0.2) is 23.3 Å². The average molecular weight is 513 g/mol. The number of hydrogen-bond acceptors (Lipinski definition) is 5. The molecule has 0 aromatic heterocycles. The maximum Gasteiger partial charge on any atom is 0.419 e. The van der Waals surface area contributed by atoms with Gasteiger partial charge in [-0.2, -0.15) is 0 Å². The molecule has 3 unspecified atom stereocenters. The predicted octanol–water partition coefficient (Wildman–Crippen LogP) is 3.82. The summed E-state index contributed by atoms with van der Waals surface area (Å²) >= 11 is 0. The molecule has 2 aromatic carbocycles. The SMILES string of the molecule is NC(=O)C1OC(=O)N(C(=O)NC2CCN(C3CCC(c4ccccc4)CC3)C2)C1c1ccc(F)c(F)c1. The summed E-state index contributed by atoms with van der Waals surface area (Å²) in [6.07, 6.45) is 2.53. The van der Waals surface area contributed by atoms with E-state index in [1.807, 2.05) is 6.07 Å². The number of rotatable bonds is 5. The highest BCUT2D eigenvalue weighted by Crippen LogP contribution is 2.37. The summed E-state index contributed by atoms with van der Waals surface area (Å²) in [5.74, 6) is -2.68. The molecule has 10 heteroatoms. The largest absolute Gasteiger partial charge is 0.433 e. The zero-order chi connectivity index (χ0) is 26.1. The van der Waals surface area contributed by atoms with Gasteiger partial charge in [0.25, 0.3) is 5.91 Å². The van der Waals surface area contributed by atoms with Gasteiger partial charge in [0.05, 0.1) is 0 Å². The number of nitrogens with one attached hydrogen (secondary N) is 1. The molecule has 2 aromatic rings. The van der Waals surface area contributed by atoms with E-state index < -0.39 is 41.8 Å². The third-order valence-electron chi connectivity index (χ3n) is 7.81.